The number of carbonyl (C=O) groups excluding carboxylic acids is 1. The van der Waals surface area contributed by atoms with E-state index < -0.39 is 0 Å². The summed E-state index contributed by atoms with van der Waals surface area (Å²) in [7, 11) is 0. The summed E-state index contributed by atoms with van der Waals surface area (Å²) in [5.41, 5.74) is 0. The topological polar surface area (TPSA) is 38.3 Å². The SMILES string of the molecule is C=CC(=O)NC1CCCC2OCCC12. The largest absolute Gasteiger partial charge is 0.378 e. The van der Waals surface area contributed by atoms with Gasteiger partial charge in [0.1, 0.15) is 0 Å². The Morgan fingerprint density at radius 2 is 2.29 bits per heavy atom. The number of fused-ring (bicyclic) bond motifs is 1. The standard InChI is InChI=1S/C11H17NO2/c1-2-11(13)12-9-4-3-5-10-8(9)6-7-14-10/h2,8-10H,1,3-7H2,(H,12,13). The first-order valence-electron chi connectivity index (χ1n) is 5.36. The highest BCUT2D eigenvalue weighted by Crippen LogP contribution is 2.34. The summed E-state index contributed by atoms with van der Waals surface area (Å²) in [5.74, 6) is 0.482. The zero-order valence-electron chi connectivity index (χ0n) is 8.37. The minimum Gasteiger partial charge on any atom is -0.378 e. The smallest absolute Gasteiger partial charge is 0.243 e. The van der Waals surface area contributed by atoms with Gasteiger partial charge in [0.05, 0.1) is 6.10 Å². The van der Waals surface area contributed by atoms with Gasteiger partial charge in [-0.1, -0.05) is 6.58 Å². The summed E-state index contributed by atoms with van der Waals surface area (Å²) in [4.78, 5) is 11.2. The van der Waals surface area contributed by atoms with Crippen LogP contribution >= 0.6 is 0 Å². The van der Waals surface area contributed by atoms with Gasteiger partial charge in [0, 0.05) is 18.6 Å². The Bertz CT molecular complexity index is 239. The van der Waals surface area contributed by atoms with E-state index in [1.165, 1.54) is 6.08 Å². The van der Waals surface area contributed by atoms with Crippen molar-refractivity contribution in [2.75, 3.05) is 6.61 Å². The van der Waals surface area contributed by atoms with E-state index >= 15 is 0 Å². The molecular formula is C11H17NO2. The molecule has 2 fully saturated rings. The lowest BCUT2D eigenvalue weighted by molar-refractivity contribution is -0.118. The molecule has 78 valence electrons. The molecule has 0 spiro atoms. The molecule has 0 aromatic rings. The maximum Gasteiger partial charge on any atom is 0.243 e. The molecule has 3 nitrogen and oxygen atoms in total. The van der Waals surface area contributed by atoms with Crippen LogP contribution in [0.25, 0.3) is 0 Å². The van der Waals surface area contributed by atoms with Crippen molar-refractivity contribution in [1.82, 2.24) is 5.32 Å². The van der Waals surface area contributed by atoms with Crippen molar-refractivity contribution < 1.29 is 9.53 Å². The van der Waals surface area contributed by atoms with E-state index in [-0.39, 0.29) is 5.91 Å². The zero-order chi connectivity index (χ0) is 9.97. The van der Waals surface area contributed by atoms with Crippen molar-refractivity contribution in [1.29, 1.82) is 0 Å². The molecule has 2 rings (SSSR count). The van der Waals surface area contributed by atoms with Gasteiger partial charge in [-0.15, -0.1) is 0 Å². The molecule has 1 amide bonds. The monoisotopic (exact) mass is 195 g/mol. The highest BCUT2D eigenvalue weighted by atomic mass is 16.5. The summed E-state index contributed by atoms with van der Waals surface area (Å²) in [6.45, 7) is 4.33. The van der Waals surface area contributed by atoms with E-state index in [1.807, 2.05) is 0 Å². The molecule has 3 heteroatoms. The summed E-state index contributed by atoms with van der Waals surface area (Å²) >= 11 is 0. The number of amides is 1. The highest BCUT2D eigenvalue weighted by Gasteiger charge is 2.37. The molecule has 1 aliphatic carbocycles. The minimum absolute atomic E-state index is 0.0532. The lowest BCUT2D eigenvalue weighted by atomic mass is 9.82. The van der Waals surface area contributed by atoms with Gasteiger partial charge in [0.2, 0.25) is 5.91 Å². The number of ether oxygens (including phenoxy) is 1. The van der Waals surface area contributed by atoms with Gasteiger partial charge in [-0.25, -0.2) is 0 Å². The maximum atomic E-state index is 11.2. The van der Waals surface area contributed by atoms with Crippen LogP contribution in [-0.2, 0) is 9.53 Å². The fourth-order valence-corrected chi connectivity index (χ4v) is 2.60. The number of hydrogen-bond donors (Lipinski definition) is 1. The highest BCUT2D eigenvalue weighted by molar-refractivity contribution is 5.87. The molecule has 1 saturated carbocycles. The van der Waals surface area contributed by atoms with E-state index in [2.05, 4.69) is 11.9 Å². The average Bonchev–Trinajstić information content (AvgIpc) is 2.66. The molecule has 1 heterocycles. The van der Waals surface area contributed by atoms with E-state index in [1.54, 1.807) is 0 Å². The lowest BCUT2D eigenvalue weighted by Crippen LogP contribution is -2.45. The number of hydrogen-bond acceptors (Lipinski definition) is 2. The fraction of sp³-hybridized carbons (Fsp3) is 0.727. The van der Waals surface area contributed by atoms with Gasteiger partial charge in [-0.05, 0) is 31.8 Å². The summed E-state index contributed by atoms with van der Waals surface area (Å²) in [6, 6.07) is 0.307. The van der Waals surface area contributed by atoms with Crippen molar-refractivity contribution in [3.05, 3.63) is 12.7 Å². The normalized spacial score (nSPS) is 36.1. The first-order chi connectivity index (χ1) is 6.81. The molecule has 0 bridgehead atoms. The minimum atomic E-state index is -0.0532. The first kappa shape index (κ1) is 9.71. The second kappa shape index (κ2) is 4.13. The van der Waals surface area contributed by atoms with Crippen LogP contribution in [0.3, 0.4) is 0 Å². The van der Waals surface area contributed by atoms with Crippen molar-refractivity contribution in [3.8, 4) is 0 Å². The summed E-state index contributed by atoms with van der Waals surface area (Å²) in [5, 5.41) is 3.00. The van der Waals surface area contributed by atoms with Gasteiger partial charge in [-0.3, -0.25) is 4.79 Å². The first-order valence-corrected chi connectivity index (χ1v) is 5.36. The van der Waals surface area contributed by atoms with Gasteiger partial charge in [0.25, 0.3) is 0 Å². The molecule has 1 N–H and O–H groups in total. The van der Waals surface area contributed by atoms with E-state index in [9.17, 15) is 4.79 Å². The van der Waals surface area contributed by atoms with Crippen molar-refractivity contribution in [3.63, 3.8) is 0 Å². The van der Waals surface area contributed by atoms with Crippen molar-refractivity contribution in [2.45, 2.75) is 37.8 Å². The molecule has 1 saturated heterocycles. The van der Waals surface area contributed by atoms with Gasteiger partial charge >= 0.3 is 0 Å². The molecule has 2 aliphatic rings. The summed E-state index contributed by atoms with van der Waals surface area (Å²) in [6.07, 6.45) is 6.23. The Hall–Kier alpha value is -0.830. The Morgan fingerprint density at radius 1 is 1.43 bits per heavy atom. The maximum absolute atomic E-state index is 11.2. The predicted octanol–water partition coefficient (Wildman–Crippen LogP) is 1.25. The zero-order valence-corrected chi connectivity index (χ0v) is 8.37. The molecule has 1 aliphatic heterocycles. The Morgan fingerprint density at radius 3 is 3.07 bits per heavy atom. The summed E-state index contributed by atoms with van der Waals surface area (Å²) < 4.78 is 5.63. The molecule has 3 unspecified atom stereocenters. The Kier molecular flexibility index (Phi) is 2.87. The third-order valence-electron chi connectivity index (χ3n) is 3.29. The van der Waals surface area contributed by atoms with Crippen LogP contribution in [-0.4, -0.2) is 24.7 Å². The fourth-order valence-electron chi connectivity index (χ4n) is 2.60. The molecule has 0 aromatic heterocycles. The van der Waals surface area contributed by atoms with Crippen LogP contribution < -0.4 is 5.32 Å². The van der Waals surface area contributed by atoms with E-state index in [4.69, 9.17) is 4.74 Å². The quantitative estimate of drug-likeness (QED) is 0.673. The average molecular weight is 195 g/mol. The van der Waals surface area contributed by atoms with Crippen LogP contribution in [0.5, 0.6) is 0 Å². The van der Waals surface area contributed by atoms with Gasteiger partial charge in [-0.2, -0.15) is 0 Å². The van der Waals surface area contributed by atoms with E-state index in [0.717, 1.165) is 32.3 Å². The van der Waals surface area contributed by atoms with Crippen molar-refractivity contribution in [2.24, 2.45) is 5.92 Å². The van der Waals surface area contributed by atoms with Crippen molar-refractivity contribution >= 4 is 5.91 Å². The second-order valence-electron chi connectivity index (χ2n) is 4.11. The van der Waals surface area contributed by atoms with Crippen LogP contribution in [0.1, 0.15) is 25.7 Å². The van der Waals surface area contributed by atoms with Crippen LogP contribution in [0.4, 0.5) is 0 Å². The molecular weight excluding hydrogens is 178 g/mol. The molecule has 0 aromatic carbocycles. The lowest BCUT2D eigenvalue weighted by Gasteiger charge is -2.32. The third-order valence-corrected chi connectivity index (χ3v) is 3.29. The number of nitrogens with one attached hydrogen (secondary N) is 1. The second-order valence-corrected chi connectivity index (χ2v) is 4.11. The molecule has 0 radical (unpaired) electrons. The predicted molar refractivity (Wildman–Crippen MR) is 53.8 cm³/mol. The van der Waals surface area contributed by atoms with Crippen LogP contribution in [0.2, 0.25) is 0 Å². The van der Waals surface area contributed by atoms with Gasteiger partial charge < -0.3 is 10.1 Å². The van der Waals surface area contributed by atoms with Crippen LogP contribution in [0.15, 0.2) is 12.7 Å². The van der Waals surface area contributed by atoms with Gasteiger partial charge in [0.15, 0.2) is 0 Å². The van der Waals surface area contributed by atoms with E-state index in [0.29, 0.717) is 18.1 Å². The molecule has 3 atom stereocenters. The number of carbonyl (C=O) groups is 1. The third kappa shape index (κ3) is 1.82. The van der Waals surface area contributed by atoms with Crippen LogP contribution in [0, 0.1) is 5.92 Å². The Balaban J connectivity index is 1.96. The molecule has 14 heavy (non-hydrogen) atoms. The Labute approximate surface area is 84.5 Å². The number of rotatable bonds is 2.